The van der Waals surface area contributed by atoms with Crippen LogP contribution < -0.4 is 0 Å². The molecule has 0 spiro atoms. The maximum atomic E-state index is 12.8. The van der Waals surface area contributed by atoms with E-state index in [9.17, 15) is 9.18 Å². The summed E-state index contributed by atoms with van der Waals surface area (Å²) in [5.74, 6) is -0.314. The van der Waals surface area contributed by atoms with Crippen molar-refractivity contribution in [3.05, 3.63) is 35.6 Å². The van der Waals surface area contributed by atoms with Gasteiger partial charge in [0, 0.05) is 25.3 Å². The lowest BCUT2D eigenvalue weighted by atomic mass is 10.1. The first-order chi connectivity index (χ1) is 9.08. The molecule has 0 radical (unpaired) electrons. The van der Waals surface area contributed by atoms with Crippen LogP contribution in [0.5, 0.6) is 0 Å². The SMILES string of the molecule is CCC(C)N(CCOC)CC(=O)c1ccc(F)cc1. The van der Waals surface area contributed by atoms with Crippen molar-refractivity contribution < 1.29 is 13.9 Å². The Bertz CT molecular complexity index is 392. The third kappa shape index (κ3) is 5.09. The highest BCUT2D eigenvalue weighted by Gasteiger charge is 2.16. The molecule has 1 aromatic carbocycles. The van der Waals surface area contributed by atoms with Gasteiger partial charge in [0.05, 0.1) is 13.2 Å². The second kappa shape index (κ2) is 8.02. The summed E-state index contributed by atoms with van der Waals surface area (Å²) in [6, 6.07) is 6.01. The summed E-state index contributed by atoms with van der Waals surface area (Å²) in [6.07, 6.45) is 0.973. The molecule has 0 saturated heterocycles. The lowest BCUT2D eigenvalue weighted by Crippen LogP contribution is -2.39. The number of hydrogen-bond donors (Lipinski definition) is 0. The quantitative estimate of drug-likeness (QED) is 0.678. The maximum Gasteiger partial charge on any atom is 0.176 e. The zero-order valence-electron chi connectivity index (χ0n) is 11.9. The Morgan fingerprint density at radius 1 is 1.37 bits per heavy atom. The van der Waals surface area contributed by atoms with Crippen molar-refractivity contribution in [1.29, 1.82) is 0 Å². The van der Waals surface area contributed by atoms with Crippen molar-refractivity contribution in [3.8, 4) is 0 Å². The maximum absolute atomic E-state index is 12.8. The van der Waals surface area contributed by atoms with Gasteiger partial charge >= 0.3 is 0 Å². The molecule has 19 heavy (non-hydrogen) atoms. The highest BCUT2D eigenvalue weighted by atomic mass is 19.1. The Balaban J connectivity index is 2.66. The molecule has 0 bridgehead atoms. The second-order valence-corrected chi connectivity index (χ2v) is 4.65. The van der Waals surface area contributed by atoms with E-state index in [0.717, 1.165) is 13.0 Å². The Kier molecular flexibility index (Phi) is 6.67. The molecule has 0 amide bonds. The van der Waals surface area contributed by atoms with Crippen molar-refractivity contribution in [3.63, 3.8) is 0 Å². The molecular weight excluding hydrogens is 245 g/mol. The van der Waals surface area contributed by atoms with Gasteiger partial charge in [-0.2, -0.15) is 0 Å². The van der Waals surface area contributed by atoms with Gasteiger partial charge in [-0.1, -0.05) is 6.92 Å². The minimum absolute atomic E-state index is 0.0106. The van der Waals surface area contributed by atoms with E-state index >= 15 is 0 Å². The van der Waals surface area contributed by atoms with E-state index < -0.39 is 0 Å². The summed E-state index contributed by atoms with van der Waals surface area (Å²) in [6.45, 7) is 5.84. The van der Waals surface area contributed by atoms with Crippen LogP contribution in [-0.2, 0) is 4.74 Å². The Morgan fingerprint density at radius 2 is 2.00 bits per heavy atom. The number of hydrogen-bond acceptors (Lipinski definition) is 3. The predicted molar refractivity (Wildman–Crippen MR) is 73.9 cm³/mol. The van der Waals surface area contributed by atoms with Crippen LogP contribution >= 0.6 is 0 Å². The number of ether oxygens (including phenoxy) is 1. The van der Waals surface area contributed by atoms with Gasteiger partial charge in [-0.05, 0) is 37.6 Å². The summed E-state index contributed by atoms with van der Waals surface area (Å²) < 4.78 is 17.9. The molecule has 0 aromatic heterocycles. The molecule has 1 aromatic rings. The highest BCUT2D eigenvalue weighted by Crippen LogP contribution is 2.08. The molecule has 0 saturated carbocycles. The minimum atomic E-state index is -0.324. The highest BCUT2D eigenvalue weighted by molar-refractivity contribution is 5.97. The normalized spacial score (nSPS) is 12.7. The van der Waals surface area contributed by atoms with E-state index in [4.69, 9.17) is 4.74 Å². The van der Waals surface area contributed by atoms with Crippen molar-refractivity contribution in [2.24, 2.45) is 0 Å². The van der Waals surface area contributed by atoms with Crippen LogP contribution in [0.1, 0.15) is 30.6 Å². The fourth-order valence-corrected chi connectivity index (χ4v) is 1.83. The summed E-state index contributed by atoms with van der Waals surface area (Å²) in [7, 11) is 1.65. The standard InChI is InChI=1S/C15H22FNO2/c1-4-12(2)17(9-10-19-3)11-15(18)13-5-7-14(16)8-6-13/h5-8,12H,4,9-11H2,1-3H3. The van der Waals surface area contributed by atoms with E-state index in [2.05, 4.69) is 18.7 Å². The Morgan fingerprint density at radius 3 is 2.53 bits per heavy atom. The summed E-state index contributed by atoms with van der Waals surface area (Å²) in [4.78, 5) is 14.2. The number of Topliss-reactive ketones (excluding diaryl/α,β-unsaturated/α-hetero) is 1. The van der Waals surface area contributed by atoms with Gasteiger partial charge in [-0.25, -0.2) is 4.39 Å². The fourth-order valence-electron chi connectivity index (χ4n) is 1.83. The Hall–Kier alpha value is -1.26. The number of methoxy groups -OCH3 is 1. The molecule has 0 aliphatic carbocycles. The van der Waals surface area contributed by atoms with Crippen molar-refractivity contribution in [1.82, 2.24) is 4.90 Å². The zero-order chi connectivity index (χ0) is 14.3. The molecule has 0 aliphatic rings. The second-order valence-electron chi connectivity index (χ2n) is 4.65. The van der Waals surface area contributed by atoms with Crippen LogP contribution in [0.15, 0.2) is 24.3 Å². The molecule has 0 aliphatic heterocycles. The van der Waals surface area contributed by atoms with Gasteiger partial charge in [-0.15, -0.1) is 0 Å². The van der Waals surface area contributed by atoms with Gasteiger partial charge in [-0.3, -0.25) is 9.69 Å². The van der Waals surface area contributed by atoms with Crippen LogP contribution in [0.3, 0.4) is 0 Å². The first kappa shape index (κ1) is 15.8. The number of ketones is 1. The number of nitrogens with zero attached hydrogens (tertiary/aromatic N) is 1. The third-order valence-corrected chi connectivity index (χ3v) is 3.31. The average Bonchev–Trinajstić information content (AvgIpc) is 2.43. The number of carbonyl (C=O) groups is 1. The van der Waals surface area contributed by atoms with E-state index in [0.29, 0.717) is 24.8 Å². The number of benzene rings is 1. The van der Waals surface area contributed by atoms with E-state index in [-0.39, 0.29) is 11.6 Å². The van der Waals surface area contributed by atoms with Crippen molar-refractivity contribution in [2.75, 3.05) is 26.8 Å². The topological polar surface area (TPSA) is 29.5 Å². The molecular formula is C15H22FNO2. The van der Waals surface area contributed by atoms with E-state index in [1.165, 1.54) is 24.3 Å². The smallest absolute Gasteiger partial charge is 0.176 e. The van der Waals surface area contributed by atoms with Crippen LogP contribution in [0.2, 0.25) is 0 Å². The lowest BCUT2D eigenvalue weighted by Gasteiger charge is -2.27. The van der Waals surface area contributed by atoms with Crippen molar-refractivity contribution >= 4 is 5.78 Å². The zero-order valence-corrected chi connectivity index (χ0v) is 11.9. The van der Waals surface area contributed by atoms with Gasteiger partial charge < -0.3 is 4.74 Å². The third-order valence-electron chi connectivity index (χ3n) is 3.31. The molecule has 0 N–H and O–H groups in total. The Labute approximate surface area is 114 Å². The van der Waals surface area contributed by atoms with E-state index in [1.54, 1.807) is 7.11 Å². The van der Waals surface area contributed by atoms with Gasteiger partial charge in [0.25, 0.3) is 0 Å². The number of halogens is 1. The van der Waals surface area contributed by atoms with Gasteiger partial charge in [0.2, 0.25) is 0 Å². The monoisotopic (exact) mass is 267 g/mol. The molecule has 0 heterocycles. The molecule has 3 nitrogen and oxygen atoms in total. The summed E-state index contributed by atoms with van der Waals surface area (Å²) in [5, 5.41) is 0. The fraction of sp³-hybridized carbons (Fsp3) is 0.533. The number of rotatable bonds is 8. The van der Waals surface area contributed by atoms with Gasteiger partial charge in [0.1, 0.15) is 5.82 Å². The molecule has 106 valence electrons. The molecule has 4 heteroatoms. The van der Waals surface area contributed by atoms with Crippen LogP contribution in [-0.4, -0.2) is 43.5 Å². The van der Waals surface area contributed by atoms with E-state index in [1.807, 2.05) is 0 Å². The summed E-state index contributed by atoms with van der Waals surface area (Å²) in [5.41, 5.74) is 0.548. The lowest BCUT2D eigenvalue weighted by molar-refractivity contribution is 0.0834. The molecule has 1 rings (SSSR count). The van der Waals surface area contributed by atoms with Crippen LogP contribution in [0.4, 0.5) is 4.39 Å². The predicted octanol–water partition coefficient (Wildman–Crippen LogP) is 2.76. The van der Waals surface area contributed by atoms with Crippen LogP contribution in [0.25, 0.3) is 0 Å². The summed E-state index contributed by atoms with van der Waals surface area (Å²) >= 11 is 0. The van der Waals surface area contributed by atoms with Crippen molar-refractivity contribution in [2.45, 2.75) is 26.3 Å². The molecule has 0 fully saturated rings. The average molecular weight is 267 g/mol. The molecule has 1 atom stereocenters. The van der Waals surface area contributed by atoms with Crippen LogP contribution in [0, 0.1) is 5.82 Å². The van der Waals surface area contributed by atoms with Gasteiger partial charge in [0.15, 0.2) is 5.78 Å². The first-order valence-electron chi connectivity index (χ1n) is 6.60. The molecule has 1 unspecified atom stereocenters. The minimum Gasteiger partial charge on any atom is -0.383 e. The largest absolute Gasteiger partial charge is 0.383 e. The first-order valence-corrected chi connectivity index (χ1v) is 6.60. The number of carbonyl (C=O) groups excluding carboxylic acids is 1.